The van der Waals surface area contributed by atoms with Gasteiger partial charge in [0.1, 0.15) is 0 Å². The van der Waals surface area contributed by atoms with Gasteiger partial charge in [-0.05, 0) is 53.4 Å². The van der Waals surface area contributed by atoms with Crippen LogP contribution in [0.15, 0.2) is 66.7 Å². The molecule has 1 fully saturated rings. The Kier molecular flexibility index (Phi) is 8.11. The van der Waals surface area contributed by atoms with Crippen LogP contribution in [0.5, 0.6) is 0 Å². The molecule has 0 radical (unpaired) electrons. The van der Waals surface area contributed by atoms with Crippen molar-refractivity contribution in [1.82, 2.24) is 5.32 Å². The Bertz CT molecular complexity index is 1260. The third kappa shape index (κ3) is 6.63. The zero-order valence-corrected chi connectivity index (χ0v) is 20.8. The summed E-state index contributed by atoms with van der Waals surface area (Å²) in [4.78, 5) is 24.5. The van der Waals surface area contributed by atoms with Crippen molar-refractivity contribution in [2.75, 3.05) is 0 Å². The van der Waals surface area contributed by atoms with E-state index in [1.54, 1.807) is 6.07 Å². The standard InChI is InChI=1S/C28H27Cl2NO4/c1-17(31-28(34)26-15-23(32)16-27(33)35-26)21(13-19-8-11-24(29)25(30)14-19)10-7-18-6-9-20-4-2-3-5-22(20)12-18/h2-12,14,17,21,23,26,32H,13,15-16H2,1H3,(H,31,34)/b10-7+/t17-,21+,23+,26-/m0/s1. The largest absolute Gasteiger partial charge is 0.452 e. The molecule has 1 heterocycles. The lowest BCUT2D eigenvalue weighted by molar-refractivity contribution is -0.166. The van der Waals surface area contributed by atoms with Crippen molar-refractivity contribution in [3.05, 3.63) is 87.9 Å². The first-order valence-electron chi connectivity index (χ1n) is 11.6. The number of rotatable bonds is 7. The Morgan fingerprint density at radius 2 is 1.89 bits per heavy atom. The summed E-state index contributed by atoms with van der Waals surface area (Å²) in [5, 5.41) is 16.1. The molecule has 4 rings (SSSR count). The molecule has 35 heavy (non-hydrogen) atoms. The second kappa shape index (κ2) is 11.3. The molecule has 1 aliphatic heterocycles. The number of halogens is 2. The minimum absolute atomic E-state index is 0.0895. The highest BCUT2D eigenvalue weighted by molar-refractivity contribution is 6.42. The summed E-state index contributed by atoms with van der Waals surface area (Å²) in [5.74, 6) is -1.07. The molecule has 3 aromatic rings. The summed E-state index contributed by atoms with van der Waals surface area (Å²) in [6.45, 7) is 1.91. The Labute approximate surface area is 214 Å². The van der Waals surface area contributed by atoms with Crippen molar-refractivity contribution in [3.63, 3.8) is 0 Å². The predicted molar refractivity (Wildman–Crippen MR) is 139 cm³/mol. The number of esters is 1. The molecule has 0 spiro atoms. The number of carbonyl (C=O) groups is 2. The maximum Gasteiger partial charge on any atom is 0.309 e. The molecule has 0 saturated carbocycles. The summed E-state index contributed by atoms with van der Waals surface area (Å²) in [7, 11) is 0. The Morgan fingerprint density at radius 1 is 1.11 bits per heavy atom. The molecule has 4 atom stereocenters. The first kappa shape index (κ1) is 25.2. The quantitative estimate of drug-likeness (QED) is 0.405. The minimum Gasteiger partial charge on any atom is -0.452 e. The van der Waals surface area contributed by atoms with Gasteiger partial charge in [0.05, 0.1) is 22.6 Å². The average molecular weight is 512 g/mol. The maximum absolute atomic E-state index is 12.8. The van der Waals surface area contributed by atoms with Crippen LogP contribution >= 0.6 is 23.2 Å². The zero-order chi connectivity index (χ0) is 24.9. The first-order chi connectivity index (χ1) is 16.8. The van der Waals surface area contributed by atoms with Gasteiger partial charge >= 0.3 is 5.97 Å². The SMILES string of the molecule is C[C@H](NC(=O)[C@@H]1C[C@@H](O)CC(=O)O1)[C@H](/C=C/c1ccc2ccccc2c1)Cc1ccc(Cl)c(Cl)c1. The molecule has 1 aliphatic rings. The van der Waals surface area contributed by atoms with E-state index in [0.29, 0.717) is 16.5 Å². The fraction of sp³-hybridized carbons (Fsp3) is 0.286. The van der Waals surface area contributed by atoms with Gasteiger partial charge in [-0.2, -0.15) is 0 Å². The van der Waals surface area contributed by atoms with Crippen LogP contribution in [0.4, 0.5) is 0 Å². The Morgan fingerprint density at radius 3 is 2.63 bits per heavy atom. The van der Waals surface area contributed by atoms with E-state index in [1.807, 2.05) is 37.3 Å². The summed E-state index contributed by atoms with van der Waals surface area (Å²) >= 11 is 12.3. The summed E-state index contributed by atoms with van der Waals surface area (Å²) in [6.07, 6.45) is 2.85. The number of aliphatic hydroxyl groups excluding tert-OH is 1. The number of fused-ring (bicyclic) bond motifs is 1. The van der Waals surface area contributed by atoms with Crippen LogP contribution in [0.2, 0.25) is 10.0 Å². The van der Waals surface area contributed by atoms with Gasteiger partial charge in [0, 0.05) is 18.4 Å². The van der Waals surface area contributed by atoms with E-state index in [4.69, 9.17) is 27.9 Å². The van der Waals surface area contributed by atoms with Gasteiger partial charge in [-0.25, -0.2) is 0 Å². The fourth-order valence-corrected chi connectivity index (χ4v) is 4.58. The Balaban J connectivity index is 1.54. The summed E-state index contributed by atoms with van der Waals surface area (Å²) < 4.78 is 5.16. The topological polar surface area (TPSA) is 75.6 Å². The second-order valence-electron chi connectivity index (χ2n) is 8.95. The van der Waals surface area contributed by atoms with E-state index in [0.717, 1.165) is 16.5 Å². The van der Waals surface area contributed by atoms with Crippen molar-refractivity contribution < 1.29 is 19.4 Å². The monoisotopic (exact) mass is 511 g/mol. The van der Waals surface area contributed by atoms with Crippen LogP contribution in [0.3, 0.4) is 0 Å². The van der Waals surface area contributed by atoms with Crippen molar-refractivity contribution >= 4 is 51.9 Å². The fourth-order valence-electron chi connectivity index (χ4n) is 4.26. The molecular weight excluding hydrogens is 485 g/mol. The number of cyclic esters (lactones) is 1. The molecule has 1 saturated heterocycles. The lowest BCUT2D eigenvalue weighted by Crippen LogP contribution is -2.48. The number of ether oxygens (including phenoxy) is 1. The van der Waals surface area contributed by atoms with Crippen LogP contribution in [-0.2, 0) is 20.7 Å². The molecule has 0 bridgehead atoms. The molecule has 7 heteroatoms. The van der Waals surface area contributed by atoms with Gasteiger partial charge < -0.3 is 15.2 Å². The molecule has 1 amide bonds. The van der Waals surface area contributed by atoms with Crippen molar-refractivity contribution in [3.8, 4) is 0 Å². The van der Waals surface area contributed by atoms with Gasteiger partial charge in [0.15, 0.2) is 6.10 Å². The maximum atomic E-state index is 12.8. The van der Waals surface area contributed by atoms with Crippen molar-refractivity contribution in [2.24, 2.45) is 5.92 Å². The number of hydrogen-bond acceptors (Lipinski definition) is 4. The molecular formula is C28H27Cl2NO4. The second-order valence-corrected chi connectivity index (χ2v) is 9.77. The van der Waals surface area contributed by atoms with Gasteiger partial charge in [-0.1, -0.05) is 77.8 Å². The van der Waals surface area contributed by atoms with Crippen LogP contribution in [0.25, 0.3) is 16.8 Å². The van der Waals surface area contributed by atoms with Crippen LogP contribution in [0.1, 0.15) is 30.9 Å². The predicted octanol–water partition coefficient (Wildman–Crippen LogP) is 5.59. The third-order valence-corrected chi connectivity index (χ3v) is 6.97. The smallest absolute Gasteiger partial charge is 0.309 e. The number of aliphatic hydroxyl groups is 1. The Hall–Kier alpha value is -2.86. The van der Waals surface area contributed by atoms with Gasteiger partial charge in [-0.3, -0.25) is 9.59 Å². The number of carbonyl (C=O) groups excluding carboxylic acids is 2. The minimum atomic E-state index is -0.996. The lowest BCUT2D eigenvalue weighted by Gasteiger charge is -2.28. The van der Waals surface area contributed by atoms with Gasteiger partial charge in [-0.15, -0.1) is 0 Å². The lowest BCUT2D eigenvalue weighted by atomic mass is 9.91. The highest BCUT2D eigenvalue weighted by Crippen LogP contribution is 2.26. The van der Waals surface area contributed by atoms with E-state index in [9.17, 15) is 14.7 Å². The molecule has 0 unspecified atom stereocenters. The molecule has 5 nitrogen and oxygen atoms in total. The summed E-state index contributed by atoms with van der Waals surface area (Å²) in [5.41, 5.74) is 2.03. The van der Waals surface area contributed by atoms with Gasteiger partial charge in [0.25, 0.3) is 5.91 Å². The van der Waals surface area contributed by atoms with Crippen LogP contribution in [-0.4, -0.2) is 35.2 Å². The van der Waals surface area contributed by atoms with E-state index < -0.39 is 24.1 Å². The number of nitrogens with one attached hydrogen (secondary N) is 1. The van der Waals surface area contributed by atoms with Crippen LogP contribution in [0, 0.1) is 5.92 Å². The molecule has 3 aromatic carbocycles. The molecule has 0 aromatic heterocycles. The third-order valence-electron chi connectivity index (χ3n) is 6.23. The van der Waals surface area contributed by atoms with E-state index >= 15 is 0 Å². The van der Waals surface area contributed by atoms with Gasteiger partial charge in [0.2, 0.25) is 0 Å². The van der Waals surface area contributed by atoms with E-state index in [1.165, 1.54) is 5.39 Å². The number of hydrogen-bond donors (Lipinski definition) is 2. The van der Waals surface area contributed by atoms with Crippen LogP contribution < -0.4 is 5.32 Å². The first-order valence-corrected chi connectivity index (χ1v) is 12.3. The summed E-state index contributed by atoms with van der Waals surface area (Å²) in [6, 6.07) is 19.6. The van der Waals surface area contributed by atoms with Crippen molar-refractivity contribution in [1.29, 1.82) is 0 Å². The highest BCUT2D eigenvalue weighted by atomic mass is 35.5. The normalized spacial score (nSPS) is 19.9. The number of amides is 1. The molecule has 2 N–H and O–H groups in total. The zero-order valence-electron chi connectivity index (χ0n) is 19.3. The molecule has 182 valence electrons. The van der Waals surface area contributed by atoms with Crippen molar-refractivity contribution in [2.45, 2.75) is 44.4 Å². The average Bonchev–Trinajstić information content (AvgIpc) is 2.83. The highest BCUT2D eigenvalue weighted by Gasteiger charge is 2.33. The number of benzene rings is 3. The van der Waals surface area contributed by atoms with E-state index in [2.05, 4.69) is 41.7 Å². The van der Waals surface area contributed by atoms with E-state index in [-0.39, 0.29) is 24.8 Å². The molecule has 0 aliphatic carbocycles.